The van der Waals surface area contributed by atoms with Gasteiger partial charge in [-0.15, -0.1) is 0 Å². The maximum Gasteiger partial charge on any atom is 0.332 e. The molecule has 0 aromatic carbocycles. The van der Waals surface area contributed by atoms with Crippen molar-refractivity contribution in [2.24, 2.45) is 5.16 Å². The van der Waals surface area contributed by atoms with Gasteiger partial charge in [0.15, 0.2) is 0 Å². The SMILES string of the molecule is CC(=O)ON=C1N(C)CCN1C. The lowest BCUT2D eigenvalue weighted by molar-refractivity contribution is -0.141. The molecule has 0 radical (unpaired) electrons. The summed E-state index contributed by atoms with van der Waals surface area (Å²) in [6.07, 6.45) is 0. The standard InChI is InChI=1S/C7H13N3O2/c1-6(11)12-8-7-9(2)4-5-10(7)3/h4-5H2,1-3H3. The largest absolute Gasteiger partial charge is 0.341 e. The number of guanidine groups is 1. The van der Waals surface area contributed by atoms with E-state index >= 15 is 0 Å². The van der Waals surface area contributed by atoms with Crippen LogP contribution in [0.2, 0.25) is 0 Å². The number of oxime groups is 1. The molecule has 1 saturated heterocycles. The third-order valence-corrected chi connectivity index (χ3v) is 1.71. The van der Waals surface area contributed by atoms with Crippen molar-refractivity contribution in [3.05, 3.63) is 0 Å². The molecule has 5 nitrogen and oxygen atoms in total. The van der Waals surface area contributed by atoms with Crippen molar-refractivity contribution in [2.45, 2.75) is 6.92 Å². The molecule has 0 amide bonds. The van der Waals surface area contributed by atoms with Crippen molar-refractivity contribution < 1.29 is 9.63 Å². The first-order valence-corrected chi connectivity index (χ1v) is 3.79. The summed E-state index contributed by atoms with van der Waals surface area (Å²) < 4.78 is 0. The van der Waals surface area contributed by atoms with E-state index in [1.807, 2.05) is 23.9 Å². The molecule has 5 heteroatoms. The van der Waals surface area contributed by atoms with Crippen LogP contribution in [0.3, 0.4) is 0 Å². The van der Waals surface area contributed by atoms with Crippen LogP contribution in [0, 0.1) is 0 Å². The van der Waals surface area contributed by atoms with Crippen LogP contribution in [0.4, 0.5) is 0 Å². The lowest BCUT2D eigenvalue weighted by Gasteiger charge is -2.13. The van der Waals surface area contributed by atoms with Gasteiger partial charge in [-0.2, -0.15) is 0 Å². The van der Waals surface area contributed by atoms with Crippen molar-refractivity contribution in [3.63, 3.8) is 0 Å². The molecule has 68 valence electrons. The van der Waals surface area contributed by atoms with Gasteiger partial charge >= 0.3 is 5.97 Å². The second-order valence-electron chi connectivity index (χ2n) is 2.82. The zero-order chi connectivity index (χ0) is 9.14. The minimum Gasteiger partial charge on any atom is -0.341 e. The van der Waals surface area contributed by atoms with E-state index in [4.69, 9.17) is 0 Å². The Hall–Kier alpha value is -1.26. The van der Waals surface area contributed by atoms with Crippen LogP contribution >= 0.6 is 0 Å². The Balaban J connectivity index is 2.59. The normalized spacial score (nSPS) is 16.8. The quantitative estimate of drug-likeness (QED) is 0.401. The third-order valence-electron chi connectivity index (χ3n) is 1.71. The van der Waals surface area contributed by atoms with Gasteiger partial charge in [-0.25, -0.2) is 4.79 Å². The zero-order valence-electron chi connectivity index (χ0n) is 7.57. The summed E-state index contributed by atoms with van der Waals surface area (Å²) in [6.45, 7) is 3.16. The molecule has 1 aliphatic heterocycles. The predicted molar refractivity (Wildman–Crippen MR) is 44.5 cm³/mol. The molecule has 1 heterocycles. The average Bonchev–Trinajstić information content (AvgIpc) is 2.28. The number of likely N-dealkylation sites (N-methyl/N-ethyl adjacent to an activating group) is 2. The summed E-state index contributed by atoms with van der Waals surface area (Å²) in [6, 6.07) is 0. The fourth-order valence-corrected chi connectivity index (χ4v) is 1.04. The Morgan fingerprint density at radius 3 is 2.33 bits per heavy atom. The molecular formula is C7H13N3O2. The minimum atomic E-state index is -0.392. The lowest BCUT2D eigenvalue weighted by atomic mass is 10.6. The van der Waals surface area contributed by atoms with Crippen molar-refractivity contribution in [2.75, 3.05) is 27.2 Å². The van der Waals surface area contributed by atoms with Crippen LogP contribution in [-0.4, -0.2) is 48.9 Å². The molecule has 0 unspecified atom stereocenters. The van der Waals surface area contributed by atoms with Crippen LogP contribution in [0.5, 0.6) is 0 Å². The molecule has 0 N–H and O–H groups in total. The number of carbonyl (C=O) groups is 1. The van der Waals surface area contributed by atoms with Crippen LogP contribution in [0.25, 0.3) is 0 Å². The Kier molecular flexibility index (Phi) is 2.52. The van der Waals surface area contributed by atoms with Crippen molar-refractivity contribution in [1.82, 2.24) is 9.80 Å². The topological polar surface area (TPSA) is 45.1 Å². The molecule has 0 aromatic heterocycles. The first-order valence-electron chi connectivity index (χ1n) is 3.79. The highest BCUT2D eigenvalue weighted by Gasteiger charge is 2.20. The molecule has 0 spiro atoms. The van der Waals surface area contributed by atoms with E-state index in [1.165, 1.54) is 6.92 Å². The second-order valence-corrected chi connectivity index (χ2v) is 2.82. The van der Waals surface area contributed by atoms with E-state index < -0.39 is 5.97 Å². The summed E-state index contributed by atoms with van der Waals surface area (Å²) in [7, 11) is 3.82. The van der Waals surface area contributed by atoms with Gasteiger partial charge in [-0.3, -0.25) is 0 Å². The minimum absolute atomic E-state index is 0.392. The van der Waals surface area contributed by atoms with Crippen molar-refractivity contribution in [3.8, 4) is 0 Å². The van der Waals surface area contributed by atoms with E-state index in [2.05, 4.69) is 9.99 Å². The highest BCUT2D eigenvalue weighted by molar-refractivity contribution is 5.81. The van der Waals surface area contributed by atoms with Crippen LogP contribution in [-0.2, 0) is 9.63 Å². The molecular weight excluding hydrogens is 158 g/mol. The number of rotatable bonds is 1. The van der Waals surface area contributed by atoms with E-state index in [0.29, 0.717) is 5.96 Å². The number of hydrogen-bond acceptors (Lipinski definition) is 3. The van der Waals surface area contributed by atoms with Crippen LogP contribution in [0.15, 0.2) is 5.16 Å². The van der Waals surface area contributed by atoms with Gasteiger partial charge in [0.25, 0.3) is 0 Å². The highest BCUT2D eigenvalue weighted by Crippen LogP contribution is 2.03. The molecule has 1 rings (SSSR count). The molecule has 0 aromatic rings. The fraction of sp³-hybridized carbons (Fsp3) is 0.714. The van der Waals surface area contributed by atoms with Gasteiger partial charge in [0.05, 0.1) is 0 Å². The monoisotopic (exact) mass is 171 g/mol. The average molecular weight is 171 g/mol. The smallest absolute Gasteiger partial charge is 0.332 e. The maximum absolute atomic E-state index is 10.4. The molecule has 1 fully saturated rings. The van der Waals surface area contributed by atoms with Gasteiger partial charge in [0.1, 0.15) is 0 Å². The summed E-state index contributed by atoms with van der Waals surface area (Å²) in [5, 5.41) is 3.70. The van der Waals surface area contributed by atoms with Gasteiger partial charge in [-0.05, 0) is 5.16 Å². The van der Waals surface area contributed by atoms with Gasteiger partial charge in [-0.1, -0.05) is 0 Å². The molecule has 0 atom stereocenters. The lowest BCUT2D eigenvalue weighted by Crippen LogP contribution is -2.28. The third kappa shape index (κ3) is 1.87. The summed E-state index contributed by atoms with van der Waals surface area (Å²) in [5.74, 6) is 0.307. The molecule has 0 bridgehead atoms. The Bertz CT molecular complexity index is 203. The first-order chi connectivity index (χ1) is 5.61. The molecule has 0 saturated carbocycles. The fourth-order valence-electron chi connectivity index (χ4n) is 1.04. The van der Waals surface area contributed by atoms with Gasteiger partial charge in [0, 0.05) is 34.1 Å². The maximum atomic E-state index is 10.4. The predicted octanol–water partition coefficient (Wildman–Crippen LogP) is -0.302. The Labute approximate surface area is 71.6 Å². The molecule has 1 aliphatic rings. The molecule has 0 aliphatic carbocycles. The van der Waals surface area contributed by atoms with E-state index in [1.54, 1.807) is 0 Å². The van der Waals surface area contributed by atoms with Gasteiger partial charge in [0.2, 0.25) is 5.96 Å². The summed E-state index contributed by atoms with van der Waals surface area (Å²) in [5.41, 5.74) is 0. The van der Waals surface area contributed by atoms with Gasteiger partial charge < -0.3 is 14.6 Å². The van der Waals surface area contributed by atoms with Crippen molar-refractivity contribution in [1.29, 1.82) is 0 Å². The Morgan fingerprint density at radius 1 is 1.42 bits per heavy atom. The Morgan fingerprint density at radius 2 is 1.92 bits per heavy atom. The highest BCUT2D eigenvalue weighted by atomic mass is 16.7. The van der Waals surface area contributed by atoms with E-state index in [-0.39, 0.29) is 0 Å². The first kappa shape index (κ1) is 8.83. The molecule has 12 heavy (non-hydrogen) atoms. The van der Waals surface area contributed by atoms with E-state index in [0.717, 1.165) is 13.1 Å². The van der Waals surface area contributed by atoms with Crippen LogP contribution in [0.1, 0.15) is 6.92 Å². The number of carbonyl (C=O) groups excluding carboxylic acids is 1. The number of nitrogens with zero attached hydrogens (tertiary/aromatic N) is 3. The van der Waals surface area contributed by atoms with Crippen LogP contribution < -0.4 is 0 Å². The summed E-state index contributed by atoms with van der Waals surface area (Å²) in [4.78, 5) is 18.8. The van der Waals surface area contributed by atoms with E-state index in [9.17, 15) is 4.79 Å². The zero-order valence-corrected chi connectivity index (χ0v) is 7.57. The summed E-state index contributed by atoms with van der Waals surface area (Å²) >= 11 is 0. The number of hydrogen-bond donors (Lipinski definition) is 0. The van der Waals surface area contributed by atoms with Crippen molar-refractivity contribution >= 4 is 11.9 Å². The second kappa shape index (κ2) is 3.42.